The summed E-state index contributed by atoms with van der Waals surface area (Å²) in [5, 5.41) is 13.6. The smallest absolute Gasteiger partial charge is 0.228 e. The lowest BCUT2D eigenvalue weighted by molar-refractivity contribution is -0.120. The van der Waals surface area contributed by atoms with E-state index in [1.807, 2.05) is 42.5 Å². The molecule has 2 aromatic carbocycles. The van der Waals surface area contributed by atoms with Crippen molar-refractivity contribution in [3.63, 3.8) is 0 Å². The van der Waals surface area contributed by atoms with Crippen molar-refractivity contribution in [2.24, 2.45) is 0 Å². The van der Waals surface area contributed by atoms with Gasteiger partial charge in [0.2, 0.25) is 5.91 Å². The van der Waals surface area contributed by atoms with E-state index < -0.39 is 0 Å². The third kappa shape index (κ3) is 5.46. The number of rotatable bonds is 8. The van der Waals surface area contributed by atoms with Crippen LogP contribution in [-0.4, -0.2) is 28.2 Å². The summed E-state index contributed by atoms with van der Waals surface area (Å²) in [6.45, 7) is 0.843. The van der Waals surface area contributed by atoms with Gasteiger partial charge in [-0.3, -0.25) is 9.89 Å². The fourth-order valence-corrected chi connectivity index (χ4v) is 2.63. The first kappa shape index (κ1) is 18.7. The normalized spacial score (nSPS) is 10.4. The van der Waals surface area contributed by atoms with E-state index in [1.54, 1.807) is 13.2 Å². The molecule has 0 atom stereocenters. The maximum absolute atomic E-state index is 12.1. The Bertz CT molecular complexity index is 895. The van der Waals surface area contributed by atoms with Crippen LogP contribution in [0.4, 0.5) is 5.69 Å². The molecular formula is C19H20ClN5O2. The zero-order chi connectivity index (χ0) is 19.1. The predicted molar refractivity (Wildman–Crippen MR) is 104 cm³/mol. The molecule has 27 heavy (non-hydrogen) atoms. The van der Waals surface area contributed by atoms with Gasteiger partial charge in [-0.25, -0.2) is 4.98 Å². The van der Waals surface area contributed by atoms with Crippen LogP contribution in [0, 0.1) is 0 Å². The van der Waals surface area contributed by atoms with E-state index in [0.29, 0.717) is 29.8 Å². The number of aromatic amines is 1. The Hall–Kier alpha value is -3.06. The Morgan fingerprint density at radius 2 is 1.93 bits per heavy atom. The van der Waals surface area contributed by atoms with Crippen molar-refractivity contribution in [1.29, 1.82) is 0 Å². The van der Waals surface area contributed by atoms with E-state index >= 15 is 0 Å². The second kappa shape index (κ2) is 9.05. The van der Waals surface area contributed by atoms with Gasteiger partial charge in [-0.2, -0.15) is 5.10 Å². The van der Waals surface area contributed by atoms with E-state index in [2.05, 4.69) is 25.8 Å². The summed E-state index contributed by atoms with van der Waals surface area (Å²) in [6, 6.07) is 15.0. The number of anilines is 1. The van der Waals surface area contributed by atoms with Crippen LogP contribution in [0.5, 0.6) is 5.75 Å². The predicted octanol–water partition coefficient (Wildman–Crippen LogP) is 2.94. The van der Waals surface area contributed by atoms with Crippen LogP contribution in [0.2, 0.25) is 5.02 Å². The number of amides is 1. The van der Waals surface area contributed by atoms with Crippen LogP contribution in [0.25, 0.3) is 0 Å². The Morgan fingerprint density at radius 1 is 1.15 bits per heavy atom. The van der Waals surface area contributed by atoms with Gasteiger partial charge < -0.3 is 15.4 Å². The first-order valence-corrected chi connectivity index (χ1v) is 8.80. The quantitative estimate of drug-likeness (QED) is 0.554. The highest BCUT2D eigenvalue weighted by atomic mass is 35.5. The summed E-state index contributed by atoms with van der Waals surface area (Å²) in [6.07, 6.45) is 0.101. The molecule has 0 spiro atoms. The van der Waals surface area contributed by atoms with E-state index in [-0.39, 0.29) is 12.3 Å². The summed E-state index contributed by atoms with van der Waals surface area (Å²) in [5.74, 6) is 1.73. The Balaban J connectivity index is 1.47. The summed E-state index contributed by atoms with van der Waals surface area (Å²) in [5.41, 5.74) is 1.80. The molecule has 1 heterocycles. The average molecular weight is 386 g/mol. The first-order chi connectivity index (χ1) is 13.1. The van der Waals surface area contributed by atoms with Crippen molar-refractivity contribution in [2.75, 3.05) is 12.4 Å². The van der Waals surface area contributed by atoms with Crippen molar-refractivity contribution < 1.29 is 9.53 Å². The van der Waals surface area contributed by atoms with Gasteiger partial charge in [0, 0.05) is 17.3 Å². The largest absolute Gasteiger partial charge is 0.497 e. The topological polar surface area (TPSA) is 91.9 Å². The SMILES string of the molecule is COc1ccc(NCc2nc(CC(=O)NCc3ccccc3Cl)n[nH]2)cc1. The molecule has 0 saturated heterocycles. The third-order valence-corrected chi connectivity index (χ3v) is 4.25. The van der Waals surface area contributed by atoms with Gasteiger partial charge >= 0.3 is 0 Å². The molecule has 140 valence electrons. The molecule has 0 unspecified atom stereocenters. The van der Waals surface area contributed by atoms with Crippen molar-refractivity contribution in [3.05, 3.63) is 70.8 Å². The van der Waals surface area contributed by atoms with E-state index in [1.165, 1.54) is 0 Å². The number of hydrogen-bond acceptors (Lipinski definition) is 5. The number of nitrogens with zero attached hydrogens (tertiary/aromatic N) is 2. The molecule has 0 aliphatic carbocycles. The van der Waals surface area contributed by atoms with Gasteiger partial charge in [0.25, 0.3) is 0 Å². The van der Waals surface area contributed by atoms with Crippen LogP contribution >= 0.6 is 11.6 Å². The highest BCUT2D eigenvalue weighted by Gasteiger charge is 2.10. The Labute approximate surface area is 162 Å². The molecule has 7 nitrogen and oxygen atoms in total. The van der Waals surface area contributed by atoms with Crippen molar-refractivity contribution in [3.8, 4) is 5.75 Å². The maximum atomic E-state index is 12.1. The Morgan fingerprint density at radius 3 is 2.67 bits per heavy atom. The second-order valence-electron chi connectivity index (χ2n) is 5.83. The number of ether oxygens (including phenoxy) is 1. The number of carbonyl (C=O) groups excluding carboxylic acids is 1. The van der Waals surface area contributed by atoms with Crippen molar-refractivity contribution in [2.45, 2.75) is 19.5 Å². The number of hydrogen-bond donors (Lipinski definition) is 3. The number of aromatic nitrogens is 3. The lowest BCUT2D eigenvalue weighted by Crippen LogP contribution is -2.25. The monoisotopic (exact) mass is 385 g/mol. The molecule has 8 heteroatoms. The molecule has 1 aromatic heterocycles. The maximum Gasteiger partial charge on any atom is 0.228 e. The molecule has 0 aliphatic rings. The fraction of sp³-hybridized carbons (Fsp3) is 0.211. The number of carbonyl (C=O) groups is 1. The summed E-state index contributed by atoms with van der Waals surface area (Å²) >= 11 is 6.08. The number of benzene rings is 2. The highest BCUT2D eigenvalue weighted by molar-refractivity contribution is 6.31. The minimum atomic E-state index is -0.163. The van der Waals surface area contributed by atoms with Crippen LogP contribution in [0.3, 0.4) is 0 Å². The zero-order valence-corrected chi connectivity index (χ0v) is 15.6. The van der Waals surface area contributed by atoms with Gasteiger partial charge in [-0.1, -0.05) is 29.8 Å². The van der Waals surface area contributed by atoms with Crippen molar-refractivity contribution in [1.82, 2.24) is 20.5 Å². The second-order valence-corrected chi connectivity index (χ2v) is 6.23. The summed E-state index contributed by atoms with van der Waals surface area (Å²) in [4.78, 5) is 16.4. The van der Waals surface area contributed by atoms with Gasteiger partial charge in [0.1, 0.15) is 11.6 Å². The minimum absolute atomic E-state index is 0.101. The standard InChI is InChI=1S/C19H20ClN5O2/c1-27-15-8-6-14(7-9-15)21-12-18-23-17(24-25-18)10-19(26)22-11-13-4-2-3-5-16(13)20/h2-9,21H,10-12H2,1H3,(H,22,26)(H,23,24,25). The van der Waals surface area contributed by atoms with Gasteiger partial charge in [0.05, 0.1) is 20.1 Å². The zero-order valence-electron chi connectivity index (χ0n) is 14.8. The number of H-pyrrole nitrogens is 1. The molecular weight excluding hydrogens is 366 g/mol. The molecule has 3 rings (SSSR count). The van der Waals surface area contributed by atoms with Crippen LogP contribution in [0.15, 0.2) is 48.5 Å². The summed E-state index contributed by atoms with van der Waals surface area (Å²) < 4.78 is 5.13. The molecule has 0 radical (unpaired) electrons. The van der Waals surface area contributed by atoms with Crippen LogP contribution in [-0.2, 0) is 24.3 Å². The highest BCUT2D eigenvalue weighted by Crippen LogP contribution is 2.16. The number of methoxy groups -OCH3 is 1. The lowest BCUT2D eigenvalue weighted by atomic mass is 10.2. The average Bonchev–Trinajstić information content (AvgIpc) is 3.13. The molecule has 3 aromatic rings. The fourth-order valence-electron chi connectivity index (χ4n) is 2.43. The third-order valence-electron chi connectivity index (χ3n) is 3.88. The van der Waals surface area contributed by atoms with E-state index in [9.17, 15) is 4.79 Å². The minimum Gasteiger partial charge on any atom is -0.497 e. The number of nitrogens with one attached hydrogen (secondary N) is 3. The van der Waals surface area contributed by atoms with E-state index in [0.717, 1.165) is 17.0 Å². The lowest BCUT2D eigenvalue weighted by Gasteiger charge is -2.05. The van der Waals surface area contributed by atoms with Gasteiger partial charge in [0.15, 0.2) is 5.82 Å². The first-order valence-electron chi connectivity index (χ1n) is 8.42. The number of halogens is 1. The molecule has 1 amide bonds. The van der Waals surface area contributed by atoms with Crippen molar-refractivity contribution >= 4 is 23.2 Å². The van der Waals surface area contributed by atoms with Gasteiger partial charge in [-0.15, -0.1) is 0 Å². The van der Waals surface area contributed by atoms with Crippen LogP contribution in [0.1, 0.15) is 17.2 Å². The molecule has 0 aliphatic heterocycles. The van der Waals surface area contributed by atoms with Crippen LogP contribution < -0.4 is 15.4 Å². The summed E-state index contributed by atoms with van der Waals surface area (Å²) in [7, 11) is 1.63. The Kier molecular flexibility index (Phi) is 6.27. The molecule has 0 fully saturated rings. The molecule has 3 N–H and O–H groups in total. The van der Waals surface area contributed by atoms with Gasteiger partial charge in [-0.05, 0) is 35.9 Å². The molecule has 0 bridgehead atoms. The molecule has 0 saturated carbocycles. The van der Waals surface area contributed by atoms with E-state index in [4.69, 9.17) is 16.3 Å².